The highest BCUT2D eigenvalue weighted by molar-refractivity contribution is 6.14. The van der Waals surface area contributed by atoms with E-state index in [0.717, 1.165) is 66.8 Å². The van der Waals surface area contributed by atoms with Crippen LogP contribution in [0, 0.1) is 11.3 Å². The third kappa shape index (κ3) is 7.54. The molecule has 0 bridgehead atoms. The summed E-state index contributed by atoms with van der Waals surface area (Å²) in [6.45, 7) is 0. The molecule has 11 aromatic carbocycles. The molecule has 4 heteroatoms. The quantitative estimate of drug-likeness (QED) is 0.143. The van der Waals surface area contributed by atoms with Crippen molar-refractivity contribution in [2.45, 2.75) is 0 Å². The van der Waals surface area contributed by atoms with E-state index in [9.17, 15) is 5.26 Å². The van der Waals surface area contributed by atoms with Gasteiger partial charge in [-0.05, 0) is 130 Å². The first-order valence-electron chi connectivity index (χ1n) is 22.8. The number of fused-ring (bicyclic) bond motifs is 4. The molecule has 0 amide bonds. The highest BCUT2D eigenvalue weighted by Crippen LogP contribution is 2.40. The number of nitrogens with zero attached hydrogens (tertiary/aromatic N) is 4. The molecule has 316 valence electrons. The Labute approximate surface area is 394 Å². The molecule has 12 rings (SSSR count). The van der Waals surface area contributed by atoms with Crippen LogP contribution in [0.2, 0.25) is 0 Å². The maximum atomic E-state index is 10.1. The van der Waals surface area contributed by atoms with Crippen LogP contribution in [0.15, 0.2) is 243 Å². The lowest BCUT2D eigenvalue weighted by Crippen LogP contribution is -2.01. The van der Waals surface area contributed by atoms with Gasteiger partial charge in [0.15, 0.2) is 17.5 Å². The summed E-state index contributed by atoms with van der Waals surface area (Å²) in [5.74, 6) is 1.81. The lowest BCUT2D eigenvalue weighted by atomic mass is 9.88. The van der Waals surface area contributed by atoms with E-state index in [0.29, 0.717) is 23.0 Å². The van der Waals surface area contributed by atoms with Crippen LogP contribution in [-0.4, -0.2) is 15.0 Å². The second-order valence-corrected chi connectivity index (χ2v) is 17.1. The van der Waals surface area contributed by atoms with Crippen molar-refractivity contribution in [1.29, 1.82) is 5.26 Å². The average molecular weight is 865 g/mol. The minimum atomic E-state index is 0.591. The van der Waals surface area contributed by atoms with E-state index in [1.54, 1.807) is 0 Å². The molecule has 4 nitrogen and oxygen atoms in total. The zero-order valence-electron chi connectivity index (χ0n) is 36.9. The zero-order chi connectivity index (χ0) is 45.4. The van der Waals surface area contributed by atoms with Gasteiger partial charge >= 0.3 is 0 Å². The van der Waals surface area contributed by atoms with E-state index in [1.807, 2.05) is 48.5 Å². The number of nitriles is 1. The summed E-state index contributed by atoms with van der Waals surface area (Å²) >= 11 is 0. The van der Waals surface area contributed by atoms with Crippen molar-refractivity contribution in [3.63, 3.8) is 0 Å². The van der Waals surface area contributed by atoms with Crippen molar-refractivity contribution < 1.29 is 0 Å². The highest BCUT2D eigenvalue weighted by atomic mass is 15.0. The van der Waals surface area contributed by atoms with Crippen LogP contribution in [0.25, 0.3) is 122 Å². The summed E-state index contributed by atoms with van der Waals surface area (Å²) in [6, 6.07) is 87.2. The van der Waals surface area contributed by atoms with E-state index in [-0.39, 0.29) is 0 Å². The van der Waals surface area contributed by atoms with E-state index < -0.39 is 0 Å². The van der Waals surface area contributed by atoms with Crippen molar-refractivity contribution >= 4 is 32.3 Å². The van der Waals surface area contributed by atoms with Crippen LogP contribution in [0.5, 0.6) is 0 Å². The molecule has 0 fully saturated rings. The SMILES string of the molecule is N#Cc1ccc(-c2cccc(-c3cccc(-c4nc(-c5ccccc5)nc(-c5ccccc5-c5ccc6ccccc6c5)n4)c3)c2)c(-c2cccc(-c3cc4ccccc4c4ccccc34)c2)c1. The zero-order valence-corrected chi connectivity index (χ0v) is 36.9. The van der Waals surface area contributed by atoms with Crippen molar-refractivity contribution in [2.24, 2.45) is 0 Å². The molecule has 0 N–H and O–H groups in total. The van der Waals surface area contributed by atoms with Crippen molar-refractivity contribution in [1.82, 2.24) is 15.0 Å². The molecule has 0 aliphatic carbocycles. The fourth-order valence-electron chi connectivity index (χ4n) is 9.58. The normalized spacial score (nSPS) is 11.2. The predicted octanol–water partition coefficient (Wildman–Crippen LogP) is 16.5. The molecule has 0 atom stereocenters. The Hall–Kier alpha value is -9.30. The number of hydrogen-bond donors (Lipinski definition) is 0. The van der Waals surface area contributed by atoms with Gasteiger partial charge in [-0.25, -0.2) is 15.0 Å². The summed E-state index contributed by atoms with van der Waals surface area (Å²) in [5, 5.41) is 17.4. The molecule has 68 heavy (non-hydrogen) atoms. The minimum absolute atomic E-state index is 0.591. The van der Waals surface area contributed by atoms with Gasteiger partial charge in [0, 0.05) is 16.7 Å². The number of benzene rings is 11. The van der Waals surface area contributed by atoms with Gasteiger partial charge in [-0.2, -0.15) is 5.26 Å². The van der Waals surface area contributed by atoms with Crippen LogP contribution >= 0.6 is 0 Å². The second kappa shape index (κ2) is 17.2. The summed E-state index contributed by atoms with van der Waals surface area (Å²) in [5.41, 5.74) is 14.0. The van der Waals surface area contributed by atoms with E-state index in [2.05, 4.69) is 200 Å². The van der Waals surface area contributed by atoms with Crippen LogP contribution in [0.3, 0.4) is 0 Å². The van der Waals surface area contributed by atoms with E-state index in [4.69, 9.17) is 15.0 Å². The van der Waals surface area contributed by atoms with Crippen molar-refractivity contribution in [3.8, 4) is 95.9 Å². The molecule has 0 saturated heterocycles. The fraction of sp³-hybridized carbons (Fsp3) is 0. The third-order valence-electron chi connectivity index (χ3n) is 12.9. The van der Waals surface area contributed by atoms with Crippen LogP contribution < -0.4 is 0 Å². The standard InChI is InChI=1S/C64H40N4/c65-41-42-31-34-56(60(35-42)49-23-14-24-50(39-49)61-40-51-19-6-7-26-54(51)57-28-9-10-29-58(57)61)48-22-12-20-46(37-48)47-21-13-25-53(38-47)63-66-62(44-16-2-1-3-17-44)67-64(68-63)59-30-11-8-27-55(59)52-33-32-43-15-4-5-18-45(43)36-52/h1-40H. The smallest absolute Gasteiger partial charge is 0.164 e. The molecule has 0 unspecified atom stereocenters. The van der Waals surface area contributed by atoms with Crippen molar-refractivity contribution in [2.75, 3.05) is 0 Å². The first kappa shape index (κ1) is 40.2. The summed E-state index contributed by atoms with van der Waals surface area (Å²) in [6.07, 6.45) is 0. The molecular formula is C64H40N4. The molecule has 0 aliphatic rings. The summed E-state index contributed by atoms with van der Waals surface area (Å²) < 4.78 is 0. The Kier molecular flexibility index (Phi) is 10.2. The lowest BCUT2D eigenvalue weighted by molar-refractivity contribution is 1.07. The van der Waals surface area contributed by atoms with Crippen molar-refractivity contribution in [3.05, 3.63) is 248 Å². The largest absolute Gasteiger partial charge is 0.208 e. The minimum Gasteiger partial charge on any atom is -0.208 e. The first-order valence-corrected chi connectivity index (χ1v) is 22.8. The van der Waals surface area contributed by atoms with Crippen LogP contribution in [-0.2, 0) is 0 Å². The Morgan fingerprint density at radius 1 is 0.250 bits per heavy atom. The molecule has 12 aromatic rings. The molecule has 0 radical (unpaired) electrons. The monoisotopic (exact) mass is 864 g/mol. The van der Waals surface area contributed by atoms with Crippen LogP contribution in [0.1, 0.15) is 5.56 Å². The van der Waals surface area contributed by atoms with Gasteiger partial charge in [-0.1, -0.05) is 200 Å². The summed E-state index contributed by atoms with van der Waals surface area (Å²) in [4.78, 5) is 15.5. The average Bonchev–Trinajstić information content (AvgIpc) is 3.42. The Bertz CT molecular complexity index is 3940. The Morgan fingerprint density at radius 3 is 1.51 bits per heavy atom. The maximum Gasteiger partial charge on any atom is 0.164 e. The van der Waals surface area contributed by atoms with Gasteiger partial charge in [0.1, 0.15) is 0 Å². The number of rotatable bonds is 8. The molecule has 0 spiro atoms. The molecule has 0 saturated carbocycles. The Morgan fingerprint density at radius 2 is 0.750 bits per heavy atom. The third-order valence-corrected chi connectivity index (χ3v) is 12.9. The Balaban J connectivity index is 0.939. The highest BCUT2D eigenvalue weighted by Gasteiger charge is 2.18. The number of hydrogen-bond acceptors (Lipinski definition) is 4. The first-order chi connectivity index (χ1) is 33.6. The van der Waals surface area contributed by atoms with Gasteiger partial charge in [-0.15, -0.1) is 0 Å². The van der Waals surface area contributed by atoms with E-state index >= 15 is 0 Å². The molecular weight excluding hydrogens is 825 g/mol. The summed E-state index contributed by atoms with van der Waals surface area (Å²) in [7, 11) is 0. The maximum absolute atomic E-state index is 10.1. The van der Waals surface area contributed by atoms with Gasteiger partial charge in [-0.3, -0.25) is 0 Å². The molecule has 0 aliphatic heterocycles. The van der Waals surface area contributed by atoms with Gasteiger partial charge in [0.05, 0.1) is 11.6 Å². The van der Waals surface area contributed by atoms with E-state index in [1.165, 1.54) is 37.9 Å². The molecule has 1 aromatic heterocycles. The van der Waals surface area contributed by atoms with Crippen LogP contribution in [0.4, 0.5) is 0 Å². The predicted molar refractivity (Wildman–Crippen MR) is 281 cm³/mol. The van der Waals surface area contributed by atoms with Gasteiger partial charge in [0.2, 0.25) is 0 Å². The van der Waals surface area contributed by atoms with Gasteiger partial charge in [0.25, 0.3) is 0 Å². The molecule has 1 heterocycles. The topological polar surface area (TPSA) is 62.5 Å². The second-order valence-electron chi connectivity index (χ2n) is 17.1. The number of aromatic nitrogens is 3. The van der Waals surface area contributed by atoms with Gasteiger partial charge < -0.3 is 0 Å². The fourth-order valence-corrected chi connectivity index (χ4v) is 9.58. The lowest BCUT2D eigenvalue weighted by Gasteiger charge is -2.15.